The highest BCUT2D eigenvalue weighted by Crippen LogP contribution is 2.17. The van der Waals surface area contributed by atoms with Crippen molar-refractivity contribution < 1.29 is 0 Å². The smallest absolute Gasteiger partial charge is 0.342 e. The Hall–Kier alpha value is -2.25. The Labute approximate surface area is 101 Å². The Kier molecular flexibility index (Phi) is 2.35. The van der Waals surface area contributed by atoms with Gasteiger partial charge in [0.15, 0.2) is 11.2 Å². The SMILES string of the molecule is Nn1c(=O)[nH]c2nc(N3CCCCC3)[nH]c2c1=O. The predicted molar refractivity (Wildman–Crippen MR) is 67.2 cm³/mol. The number of fused-ring (bicyclic) bond motifs is 1. The van der Waals surface area contributed by atoms with Crippen molar-refractivity contribution in [2.45, 2.75) is 19.3 Å². The van der Waals surface area contributed by atoms with E-state index in [1.54, 1.807) is 0 Å². The lowest BCUT2D eigenvalue weighted by Gasteiger charge is -2.25. The van der Waals surface area contributed by atoms with E-state index >= 15 is 0 Å². The van der Waals surface area contributed by atoms with Crippen LogP contribution in [0.15, 0.2) is 9.59 Å². The summed E-state index contributed by atoms with van der Waals surface area (Å²) in [6, 6.07) is 0. The van der Waals surface area contributed by atoms with Crippen molar-refractivity contribution in [3.63, 3.8) is 0 Å². The zero-order valence-corrected chi connectivity index (χ0v) is 9.77. The highest BCUT2D eigenvalue weighted by molar-refractivity contribution is 5.72. The summed E-state index contributed by atoms with van der Waals surface area (Å²) in [7, 11) is 0. The van der Waals surface area contributed by atoms with Crippen LogP contribution in [0.3, 0.4) is 0 Å². The fraction of sp³-hybridized carbons (Fsp3) is 0.500. The second-order valence-corrected chi connectivity index (χ2v) is 4.44. The maximum atomic E-state index is 11.8. The van der Waals surface area contributed by atoms with Gasteiger partial charge in [0.2, 0.25) is 5.95 Å². The Morgan fingerprint density at radius 1 is 1.11 bits per heavy atom. The summed E-state index contributed by atoms with van der Waals surface area (Å²) in [6.45, 7) is 1.81. The van der Waals surface area contributed by atoms with Crippen molar-refractivity contribution >= 4 is 17.1 Å². The van der Waals surface area contributed by atoms with Crippen molar-refractivity contribution in [3.8, 4) is 0 Å². The van der Waals surface area contributed by atoms with Crippen molar-refractivity contribution in [1.29, 1.82) is 0 Å². The first-order valence-electron chi connectivity index (χ1n) is 5.92. The number of nitrogens with two attached hydrogens (primary N) is 1. The van der Waals surface area contributed by atoms with Crippen LogP contribution in [0.2, 0.25) is 0 Å². The molecule has 0 aliphatic carbocycles. The minimum atomic E-state index is -0.663. The van der Waals surface area contributed by atoms with Gasteiger partial charge in [-0.15, -0.1) is 0 Å². The molecule has 96 valence electrons. The van der Waals surface area contributed by atoms with Gasteiger partial charge in [-0.25, -0.2) is 4.79 Å². The van der Waals surface area contributed by atoms with Gasteiger partial charge in [-0.3, -0.25) is 9.78 Å². The van der Waals surface area contributed by atoms with Gasteiger partial charge in [0.1, 0.15) is 0 Å². The Balaban J connectivity index is 2.13. The van der Waals surface area contributed by atoms with Gasteiger partial charge < -0.3 is 15.7 Å². The maximum absolute atomic E-state index is 11.8. The quantitative estimate of drug-likeness (QED) is 0.569. The van der Waals surface area contributed by atoms with E-state index in [4.69, 9.17) is 5.84 Å². The molecule has 0 bridgehead atoms. The van der Waals surface area contributed by atoms with Crippen molar-refractivity contribution in [1.82, 2.24) is 19.6 Å². The van der Waals surface area contributed by atoms with Crippen LogP contribution in [0.1, 0.15) is 19.3 Å². The summed E-state index contributed by atoms with van der Waals surface area (Å²) in [6.07, 6.45) is 3.42. The Morgan fingerprint density at radius 2 is 1.83 bits per heavy atom. The fourth-order valence-electron chi connectivity index (χ4n) is 2.24. The second kappa shape index (κ2) is 3.90. The predicted octanol–water partition coefficient (Wildman–Crippen LogP) is -0.883. The highest BCUT2D eigenvalue weighted by Gasteiger charge is 2.17. The number of nitrogen functional groups attached to an aromatic ring is 1. The van der Waals surface area contributed by atoms with E-state index in [2.05, 4.69) is 19.9 Å². The molecule has 1 aliphatic rings. The minimum Gasteiger partial charge on any atom is -0.342 e. The van der Waals surface area contributed by atoms with Crippen LogP contribution in [-0.4, -0.2) is 32.7 Å². The molecular weight excluding hydrogens is 236 g/mol. The van der Waals surface area contributed by atoms with E-state index in [0.29, 0.717) is 10.6 Å². The molecule has 0 spiro atoms. The third-order valence-electron chi connectivity index (χ3n) is 3.22. The molecule has 0 atom stereocenters. The topological polar surface area (TPSA) is 113 Å². The monoisotopic (exact) mass is 250 g/mol. The normalized spacial score (nSPS) is 16.3. The van der Waals surface area contributed by atoms with Crippen LogP contribution in [0.5, 0.6) is 0 Å². The van der Waals surface area contributed by atoms with Crippen LogP contribution >= 0.6 is 0 Å². The first-order valence-corrected chi connectivity index (χ1v) is 5.92. The third-order valence-corrected chi connectivity index (χ3v) is 3.22. The van der Waals surface area contributed by atoms with Gasteiger partial charge in [0.25, 0.3) is 0 Å². The van der Waals surface area contributed by atoms with Gasteiger partial charge in [-0.1, -0.05) is 0 Å². The number of anilines is 1. The first-order chi connectivity index (χ1) is 8.66. The molecule has 0 radical (unpaired) electrons. The zero-order chi connectivity index (χ0) is 12.7. The first kappa shape index (κ1) is 10.9. The molecule has 8 heteroatoms. The van der Waals surface area contributed by atoms with Crippen LogP contribution in [0.4, 0.5) is 5.95 Å². The van der Waals surface area contributed by atoms with Gasteiger partial charge in [-0.05, 0) is 19.3 Å². The lowest BCUT2D eigenvalue weighted by molar-refractivity contribution is 0.570. The van der Waals surface area contributed by atoms with E-state index in [1.165, 1.54) is 6.42 Å². The average molecular weight is 250 g/mol. The molecule has 1 fully saturated rings. The molecule has 1 saturated heterocycles. The lowest BCUT2D eigenvalue weighted by atomic mass is 10.1. The number of piperidine rings is 1. The molecule has 4 N–H and O–H groups in total. The molecule has 18 heavy (non-hydrogen) atoms. The highest BCUT2D eigenvalue weighted by atomic mass is 16.2. The van der Waals surface area contributed by atoms with Crippen LogP contribution in [-0.2, 0) is 0 Å². The largest absolute Gasteiger partial charge is 0.348 e. The minimum absolute atomic E-state index is 0.234. The van der Waals surface area contributed by atoms with Crippen LogP contribution in [0, 0.1) is 0 Å². The summed E-state index contributed by atoms with van der Waals surface area (Å²) in [5.41, 5.74) is -0.737. The Morgan fingerprint density at radius 3 is 2.56 bits per heavy atom. The molecule has 8 nitrogen and oxygen atoms in total. The van der Waals surface area contributed by atoms with Crippen molar-refractivity contribution in [2.24, 2.45) is 0 Å². The van der Waals surface area contributed by atoms with Crippen molar-refractivity contribution in [3.05, 3.63) is 20.8 Å². The number of rotatable bonds is 1. The second-order valence-electron chi connectivity index (χ2n) is 4.44. The molecule has 0 amide bonds. The van der Waals surface area contributed by atoms with E-state index in [-0.39, 0.29) is 11.2 Å². The molecule has 0 aromatic carbocycles. The third kappa shape index (κ3) is 1.57. The molecular formula is C10H14N6O2. The van der Waals surface area contributed by atoms with Gasteiger partial charge in [0.05, 0.1) is 0 Å². The number of H-pyrrole nitrogens is 2. The fourth-order valence-corrected chi connectivity index (χ4v) is 2.24. The van der Waals surface area contributed by atoms with Gasteiger partial charge in [-0.2, -0.15) is 9.66 Å². The molecule has 1 aliphatic heterocycles. The number of hydrogen-bond acceptors (Lipinski definition) is 5. The van der Waals surface area contributed by atoms with Crippen molar-refractivity contribution in [2.75, 3.05) is 23.8 Å². The molecule has 3 rings (SSSR count). The standard InChI is InChI=1S/C10H14N6O2/c11-16-8(17)6-7(14-10(16)18)13-9(12-6)15-4-2-1-3-5-15/h1-5,11H2,(H,12,13)(H,14,18). The summed E-state index contributed by atoms with van der Waals surface area (Å²) in [5.74, 6) is 5.95. The number of imidazole rings is 1. The summed E-state index contributed by atoms with van der Waals surface area (Å²) in [4.78, 5) is 34.8. The lowest BCUT2D eigenvalue weighted by Crippen LogP contribution is -2.40. The summed E-state index contributed by atoms with van der Waals surface area (Å²) in [5, 5.41) is 0. The molecule has 3 heterocycles. The molecule has 0 saturated carbocycles. The molecule has 0 unspecified atom stereocenters. The number of hydrogen-bond donors (Lipinski definition) is 3. The number of nitrogens with one attached hydrogen (secondary N) is 2. The van der Waals surface area contributed by atoms with E-state index in [1.807, 2.05) is 0 Å². The zero-order valence-electron chi connectivity index (χ0n) is 9.77. The van der Waals surface area contributed by atoms with E-state index in [9.17, 15) is 9.59 Å². The maximum Gasteiger partial charge on any atom is 0.348 e. The number of aromatic nitrogens is 4. The van der Waals surface area contributed by atoms with Crippen LogP contribution < -0.4 is 22.0 Å². The summed E-state index contributed by atoms with van der Waals surface area (Å²) < 4.78 is 0.542. The summed E-state index contributed by atoms with van der Waals surface area (Å²) >= 11 is 0. The molecule has 2 aromatic heterocycles. The Bertz CT molecular complexity index is 690. The van der Waals surface area contributed by atoms with E-state index < -0.39 is 11.2 Å². The van der Waals surface area contributed by atoms with Gasteiger partial charge >= 0.3 is 11.2 Å². The number of aromatic amines is 2. The van der Waals surface area contributed by atoms with Gasteiger partial charge in [0, 0.05) is 13.1 Å². The molecule has 2 aromatic rings. The van der Waals surface area contributed by atoms with Crippen LogP contribution in [0.25, 0.3) is 11.2 Å². The number of nitrogens with zero attached hydrogens (tertiary/aromatic N) is 3. The van der Waals surface area contributed by atoms with E-state index in [0.717, 1.165) is 25.9 Å². The average Bonchev–Trinajstić information content (AvgIpc) is 2.81.